The molecule has 0 bridgehead atoms. The molecule has 1 amide bonds. The second-order valence-corrected chi connectivity index (χ2v) is 7.71. The Morgan fingerprint density at radius 3 is 2.85 bits per heavy atom. The maximum absolute atomic E-state index is 12.8. The zero-order valence-electron chi connectivity index (χ0n) is 14.9. The van der Waals surface area contributed by atoms with Crippen LogP contribution in [-0.2, 0) is 6.54 Å². The molecule has 0 spiro atoms. The van der Waals surface area contributed by atoms with Crippen molar-refractivity contribution < 1.29 is 13.9 Å². The number of amides is 1. The number of aromatic nitrogens is 1. The molecule has 2 aromatic carbocycles. The number of para-hydroxylation sites is 2. The van der Waals surface area contributed by atoms with Crippen LogP contribution < -0.4 is 9.54 Å². The third kappa shape index (κ3) is 3.21. The van der Waals surface area contributed by atoms with Crippen LogP contribution in [0.3, 0.4) is 0 Å². The minimum atomic E-state index is -0.404. The van der Waals surface area contributed by atoms with Crippen LogP contribution in [0.25, 0.3) is 21.2 Å². The zero-order chi connectivity index (χ0) is 19.0. The largest absolute Gasteiger partial charge is 0.490 e. The highest BCUT2D eigenvalue weighted by atomic mass is 79.9. The van der Waals surface area contributed by atoms with Crippen LogP contribution in [0.4, 0.5) is 0 Å². The first-order chi connectivity index (χ1) is 13.1. The first kappa shape index (κ1) is 18.0. The molecule has 5 nitrogen and oxygen atoms in total. The van der Waals surface area contributed by atoms with Crippen LogP contribution in [-0.4, -0.2) is 17.1 Å². The van der Waals surface area contributed by atoms with Gasteiger partial charge < -0.3 is 13.7 Å². The molecule has 2 aromatic heterocycles. The van der Waals surface area contributed by atoms with Crippen molar-refractivity contribution in [2.24, 2.45) is 4.99 Å². The molecule has 2 heterocycles. The maximum atomic E-state index is 12.8. The molecule has 0 aliphatic heterocycles. The smallest absolute Gasteiger partial charge is 0.315 e. The highest BCUT2D eigenvalue weighted by molar-refractivity contribution is 9.10. The number of aryl methyl sites for hydroxylation is 1. The summed E-state index contributed by atoms with van der Waals surface area (Å²) in [6, 6.07) is 13.3. The van der Waals surface area contributed by atoms with Crippen molar-refractivity contribution in [1.29, 1.82) is 0 Å². The molecule has 4 rings (SSSR count). The number of rotatable bonds is 4. The van der Waals surface area contributed by atoms with Gasteiger partial charge in [0.05, 0.1) is 16.8 Å². The van der Waals surface area contributed by atoms with E-state index in [1.54, 1.807) is 6.07 Å². The number of carbonyl (C=O) groups excluding carboxylic acids is 1. The van der Waals surface area contributed by atoms with Crippen molar-refractivity contribution in [3.63, 3.8) is 0 Å². The van der Waals surface area contributed by atoms with Crippen LogP contribution in [0.5, 0.6) is 5.75 Å². The van der Waals surface area contributed by atoms with Crippen LogP contribution in [0, 0.1) is 0 Å². The highest BCUT2D eigenvalue weighted by Gasteiger charge is 2.16. The van der Waals surface area contributed by atoms with Gasteiger partial charge in [-0.25, -0.2) is 0 Å². The number of fused-ring (bicyclic) bond motifs is 2. The third-order valence-corrected chi connectivity index (χ3v) is 5.87. The van der Waals surface area contributed by atoms with Crippen molar-refractivity contribution >= 4 is 54.4 Å². The van der Waals surface area contributed by atoms with Crippen LogP contribution in [0.2, 0.25) is 0 Å². The van der Waals surface area contributed by atoms with Crippen LogP contribution in [0.1, 0.15) is 24.4 Å². The third-order valence-electron chi connectivity index (χ3n) is 4.18. The molecule has 0 saturated carbocycles. The van der Waals surface area contributed by atoms with E-state index < -0.39 is 5.91 Å². The fourth-order valence-corrected chi connectivity index (χ4v) is 4.85. The molecule has 0 aliphatic rings. The fraction of sp³-hybridized carbons (Fsp3) is 0.200. The van der Waals surface area contributed by atoms with Gasteiger partial charge in [-0.15, -0.1) is 0 Å². The molecule has 138 valence electrons. The molecule has 0 aliphatic carbocycles. The van der Waals surface area contributed by atoms with E-state index in [-0.39, 0.29) is 5.76 Å². The van der Waals surface area contributed by atoms with E-state index >= 15 is 0 Å². The summed E-state index contributed by atoms with van der Waals surface area (Å²) in [7, 11) is 0. The molecule has 0 radical (unpaired) electrons. The molecular formula is C20H17BrN2O3S. The summed E-state index contributed by atoms with van der Waals surface area (Å²) < 4.78 is 15.4. The Bertz CT molecular complexity index is 1220. The first-order valence-corrected chi connectivity index (χ1v) is 10.3. The summed E-state index contributed by atoms with van der Waals surface area (Å²) >= 11 is 5.07. The van der Waals surface area contributed by atoms with Gasteiger partial charge in [0.15, 0.2) is 21.9 Å². The van der Waals surface area contributed by atoms with E-state index in [1.807, 2.05) is 54.8 Å². The Morgan fingerprint density at radius 2 is 2.07 bits per heavy atom. The molecule has 0 saturated heterocycles. The Morgan fingerprint density at radius 1 is 1.26 bits per heavy atom. The van der Waals surface area contributed by atoms with E-state index in [4.69, 9.17) is 9.15 Å². The maximum Gasteiger partial charge on any atom is 0.315 e. The minimum absolute atomic E-state index is 0.205. The lowest BCUT2D eigenvalue weighted by atomic mass is 10.2. The second-order valence-electron chi connectivity index (χ2n) is 5.85. The Hall–Kier alpha value is -2.38. The summed E-state index contributed by atoms with van der Waals surface area (Å²) in [6.07, 6.45) is 0. The predicted molar refractivity (Wildman–Crippen MR) is 110 cm³/mol. The molecule has 0 atom stereocenters. The summed E-state index contributed by atoms with van der Waals surface area (Å²) in [6.45, 7) is 5.18. The topological polar surface area (TPSA) is 56.7 Å². The summed E-state index contributed by atoms with van der Waals surface area (Å²) in [5.74, 6) is 0.429. The number of ether oxygens (including phenoxy) is 1. The zero-order valence-corrected chi connectivity index (χ0v) is 17.3. The number of nitrogens with zero attached hydrogens (tertiary/aromatic N) is 2. The number of thiazole rings is 1. The lowest BCUT2D eigenvalue weighted by Gasteiger charge is -2.02. The second kappa shape index (κ2) is 7.32. The molecular weight excluding hydrogens is 428 g/mol. The Kier molecular flexibility index (Phi) is 4.88. The Labute approximate surface area is 168 Å². The minimum Gasteiger partial charge on any atom is -0.490 e. The van der Waals surface area contributed by atoms with Gasteiger partial charge in [-0.05, 0) is 54.0 Å². The monoisotopic (exact) mass is 444 g/mol. The summed E-state index contributed by atoms with van der Waals surface area (Å²) in [5.41, 5.74) is 1.61. The molecule has 4 aromatic rings. The lowest BCUT2D eigenvalue weighted by Crippen LogP contribution is -2.15. The van der Waals surface area contributed by atoms with Crippen molar-refractivity contribution in [3.8, 4) is 5.75 Å². The number of carbonyl (C=O) groups is 1. The SMILES string of the molecule is CCOc1cccc2cc(C(=O)N=c3sc4cccc(Br)c4n3CC)oc12. The standard InChI is InChI=1S/C20H17BrN2O3S/c1-3-23-17-13(21)8-6-10-16(17)27-20(23)22-19(24)15-11-12-7-5-9-14(25-4-2)18(12)26-15/h5-11H,3-4H2,1-2H3. The highest BCUT2D eigenvalue weighted by Crippen LogP contribution is 2.29. The number of hydrogen-bond acceptors (Lipinski definition) is 4. The number of benzene rings is 2. The lowest BCUT2D eigenvalue weighted by molar-refractivity contribution is 0.0973. The van der Waals surface area contributed by atoms with Gasteiger partial charge in [-0.2, -0.15) is 4.99 Å². The predicted octanol–water partition coefficient (Wildman–Crippen LogP) is 5.37. The van der Waals surface area contributed by atoms with Crippen molar-refractivity contribution in [2.75, 3.05) is 6.61 Å². The van der Waals surface area contributed by atoms with Crippen molar-refractivity contribution in [3.05, 3.63) is 57.5 Å². The molecule has 27 heavy (non-hydrogen) atoms. The molecule has 0 N–H and O–H groups in total. The van der Waals surface area contributed by atoms with Gasteiger partial charge in [-0.3, -0.25) is 4.79 Å². The fourth-order valence-electron chi connectivity index (χ4n) is 3.02. The van der Waals surface area contributed by atoms with Gasteiger partial charge >= 0.3 is 5.91 Å². The molecule has 0 unspecified atom stereocenters. The number of hydrogen-bond donors (Lipinski definition) is 0. The number of halogens is 1. The summed E-state index contributed by atoms with van der Waals surface area (Å²) in [5, 5.41) is 0.821. The van der Waals surface area contributed by atoms with Gasteiger partial charge in [0.2, 0.25) is 0 Å². The summed E-state index contributed by atoms with van der Waals surface area (Å²) in [4.78, 5) is 17.7. The van der Waals surface area contributed by atoms with Gasteiger partial charge in [-0.1, -0.05) is 29.5 Å². The van der Waals surface area contributed by atoms with E-state index in [0.717, 1.165) is 20.1 Å². The van der Waals surface area contributed by atoms with E-state index in [0.29, 0.717) is 29.3 Å². The van der Waals surface area contributed by atoms with Crippen molar-refractivity contribution in [1.82, 2.24) is 4.57 Å². The van der Waals surface area contributed by atoms with Gasteiger partial charge in [0, 0.05) is 16.4 Å². The molecule has 7 heteroatoms. The van der Waals surface area contributed by atoms with Crippen LogP contribution >= 0.6 is 27.3 Å². The van der Waals surface area contributed by atoms with E-state index in [2.05, 4.69) is 20.9 Å². The van der Waals surface area contributed by atoms with Crippen molar-refractivity contribution in [2.45, 2.75) is 20.4 Å². The first-order valence-electron chi connectivity index (χ1n) is 8.64. The van der Waals surface area contributed by atoms with Gasteiger partial charge in [0.25, 0.3) is 0 Å². The normalized spacial score (nSPS) is 12.2. The van der Waals surface area contributed by atoms with Crippen LogP contribution in [0.15, 0.2) is 56.3 Å². The average molecular weight is 445 g/mol. The molecule has 0 fully saturated rings. The quantitative estimate of drug-likeness (QED) is 0.424. The number of furan rings is 1. The Balaban J connectivity index is 1.82. The van der Waals surface area contributed by atoms with E-state index in [9.17, 15) is 4.79 Å². The van der Waals surface area contributed by atoms with Gasteiger partial charge in [0.1, 0.15) is 0 Å². The average Bonchev–Trinajstić information content (AvgIpc) is 3.24. The van der Waals surface area contributed by atoms with E-state index in [1.165, 1.54) is 11.3 Å².